The van der Waals surface area contributed by atoms with Gasteiger partial charge < -0.3 is 5.73 Å². The van der Waals surface area contributed by atoms with E-state index in [1.807, 2.05) is 0 Å². The van der Waals surface area contributed by atoms with Crippen LogP contribution in [0.25, 0.3) is 10.9 Å². The van der Waals surface area contributed by atoms with Crippen molar-refractivity contribution in [2.75, 3.05) is 6.61 Å². The summed E-state index contributed by atoms with van der Waals surface area (Å²) in [5.74, 6) is -1.21. The zero-order valence-corrected chi connectivity index (χ0v) is 10.5. The molecule has 0 spiro atoms. The van der Waals surface area contributed by atoms with E-state index in [-0.39, 0.29) is 5.15 Å². The molecule has 0 unspecified atom stereocenters. The number of hydrogen-bond acceptors (Lipinski definition) is 4. The molecule has 1 heterocycles. The van der Waals surface area contributed by atoms with Gasteiger partial charge in [-0.25, -0.2) is 10.5 Å². The Kier molecular flexibility index (Phi) is 3.94. The van der Waals surface area contributed by atoms with Crippen LogP contribution in [0, 0.1) is 0 Å². The monoisotopic (exact) mass is 279 g/mol. The summed E-state index contributed by atoms with van der Waals surface area (Å²) in [4.78, 5) is 31.2. The first-order chi connectivity index (χ1) is 9.08. The molecule has 0 aliphatic rings. The van der Waals surface area contributed by atoms with E-state index < -0.39 is 18.4 Å². The summed E-state index contributed by atoms with van der Waals surface area (Å²) in [6, 6.07) is 8.46. The molecule has 7 heteroatoms. The molecule has 1 aromatic carbocycles. The molecule has 19 heavy (non-hydrogen) atoms. The quantitative estimate of drug-likeness (QED) is 0.646. The van der Waals surface area contributed by atoms with Gasteiger partial charge in [0.2, 0.25) is 5.91 Å². The van der Waals surface area contributed by atoms with Crippen LogP contribution in [0.15, 0.2) is 30.3 Å². The molecule has 2 aromatic rings. The first kappa shape index (κ1) is 13.3. The third-order valence-electron chi connectivity index (χ3n) is 2.31. The number of carbonyl (C=O) groups excluding carboxylic acids is 2. The Labute approximate surface area is 113 Å². The number of halogens is 1. The van der Waals surface area contributed by atoms with Crippen LogP contribution in [0.4, 0.5) is 0 Å². The van der Waals surface area contributed by atoms with Gasteiger partial charge in [0.15, 0.2) is 6.61 Å². The Balaban J connectivity index is 2.28. The van der Waals surface area contributed by atoms with Gasteiger partial charge in [-0.1, -0.05) is 29.8 Å². The molecular formula is C12H10ClN3O3. The van der Waals surface area contributed by atoms with E-state index in [0.29, 0.717) is 16.5 Å². The second kappa shape index (κ2) is 5.64. The molecule has 0 saturated heterocycles. The Morgan fingerprint density at radius 2 is 2.11 bits per heavy atom. The minimum absolute atomic E-state index is 0.193. The third kappa shape index (κ3) is 3.18. The summed E-state index contributed by atoms with van der Waals surface area (Å²) in [6.07, 6.45) is 0. The summed E-state index contributed by atoms with van der Waals surface area (Å²) < 4.78 is 0. The molecule has 0 fully saturated rings. The Morgan fingerprint density at radius 3 is 2.84 bits per heavy atom. The van der Waals surface area contributed by atoms with Crippen molar-refractivity contribution in [1.82, 2.24) is 10.5 Å². The molecule has 1 aromatic heterocycles. The number of amides is 2. The number of primary amides is 1. The van der Waals surface area contributed by atoms with Crippen LogP contribution < -0.4 is 11.2 Å². The zero-order valence-electron chi connectivity index (χ0n) is 9.72. The normalized spacial score (nSPS) is 10.4. The standard InChI is InChI=1S/C12H10ClN3O3/c13-10-5-8(12(18)16-19-6-11(14)17)7-3-1-2-4-9(7)15-10/h1-5H,6H2,(H2,14,17)(H,16,18). The van der Waals surface area contributed by atoms with Gasteiger partial charge >= 0.3 is 0 Å². The smallest absolute Gasteiger partial charge is 0.275 e. The molecule has 3 N–H and O–H groups in total. The van der Waals surface area contributed by atoms with Crippen molar-refractivity contribution in [1.29, 1.82) is 0 Å². The molecule has 2 amide bonds. The molecular weight excluding hydrogens is 270 g/mol. The maximum absolute atomic E-state index is 11.9. The van der Waals surface area contributed by atoms with Crippen LogP contribution in [0.5, 0.6) is 0 Å². The SMILES string of the molecule is NC(=O)CONC(=O)c1cc(Cl)nc2ccccc12. The molecule has 6 nitrogen and oxygen atoms in total. The van der Waals surface area contributed by atoms with Crippen LogP contribution in [-0.2, 0) is 9.63 Å². The molecule has 0 atom stereocenters. The second-order valence-electron chi connectivity index (χ2n) is 3.70. The largest absolute Gasteiger partial charge is 0.368 e. The third-order valence-corrected chi connectivity index (χ3v) is 2.50. The molecule has 0 saturated carbocycles. The van der Waals surface area contributed by atoms with Crippen LogP contribution in [0.1, 0.15) is 10.4 Å². The van der Waals surface area contributed by atoms with Crippen molar-refractivity contribution in [3.05, 3.63) is 41.0 Å². The molecule has 0 aliphatic heterocycles. The highest BCUT2D eigenvalue weighted by Gasteiger charge is 2.12. The van der Waals surface area contributed by atoms with Gasteiger partial charge in [-0.05, 0) is 12.1 Å². The number of para-hydroxylation sites is 1. The van der Waals surface area contributed by atoms with Gasteiger partial charge in [-0.3, -0.25) is 14.4 Å². The number of benzene rings is 1. The van der Waals surface area contributed by atoms with Crippen molar-refractivity contribution in [2.24, 2.45) is 5.73 Å². The van der Waals surface area contributed by atoms with E-state index in [1.165, 1.54) is 6.07 Å². The second-order valence-corrected chi connectivity index (χ2v) is 4.08. The van der Waals surface area contributed by atoms with Gasteiger partial charge in [0.1, 0.15) is 5.15 Å². The van der Waals surface area contributed by atoms with Crippen molar-refractivity contribution in [3.8, 4) is 0 Å². The van der Waals surface area contributed by atoms with E-state index >= 15 is 0 Å². The van der Waals surface area contributed by atoms with E-state index in [4.69, 9.17) is 17.3 Å². The summed E-state index contributed by atoms with van der Waals surface area (Å²) >= 11 is 5.85. The molecule has 2 rings (SSSR count). The van der Waals surface area contributed by atoms with Gasteiger partial charge in [-0.15, -0.1) is 0 Å². The number of hydroxylamine groups is 1. The number of rotatable bonds is 4. The minimum Gasteiger partial charge on any atom is -0.368 e. The highest BCUT2D eigenvalue weighted by Crippen LogP contribution is 2.20. The predicted molar refractivity (Wildman–Crippen MR) is 69.4 cm³/mol. The maximum atomic E-state index is 11.9. The van der Waals surface area contributed by atoms with E-state index in [2.05, 4.69) is 15.3 Å². The number of carbonyl (C=O) groups is 2. The zero-order chi connectivity index (χ0) is 13.8. The molecule has 98 valence electrons. The number of fused-ring (bicyclic) bond motifs is 1. The lowest BCUT2D eigenvalue weighted by Gasteiger charge is -2.07. The summed E-state index contributed by atoms with van der Waals surface area (Å²) in [5.41, 5.74) is 7.91. The first-order valence-electron chi connectivity index (χ1n) is 5.33. The first-order valence-corrected chi connectivity index (χ1v) is 5.71. The predicted octanol–water partition coefficient (Wildman–Crippen LogP) is 1.03. The van der Waals surface area contributed by atoms with Crippen molar-refractivity contribution < 1.29 is 14.4 Å². The van der Waals surface area contributed by atoms with Gasteiger partial charge in [0.05, 0.1) is 11.1 Å². The number of nitrogens with zero attached hydrogens (tertiary/aromatic N) is 1. The highest BCUT2D eigenvalue weighted by atomic mass is 35.5. The van der Waals surface area contributed by atoms with Crippen molar-refractivity contribution >= 4 is 34.3 Å². The fourth-order valence-corrected chi connectivity index (χ4v) is 1.76. The van der Waals surface area contributed by atoms with Crippen LogP contribution in [-0.4, -0.2) is 23.4 Å². The number of nitrogens with two attached hydrogens (primary N) is 1. The number of pyridine rings is 1. The summed E-state index contributed by atoms with van der Waals surface area (Å²) in [6.45, 7) is -0.400. The Bertz CT molecular complexity index is 645. The average Bonchev–Trinajstić information content (AvgIpc) is 2.37. The number of aromatic nitrogens is 1. The Hall–Kier alpha value is -2.18. The van der Waals surface area contributed by atoms with E-state index in [0.717, 1.165) is 0 Å². The lowest BCUT2D eigenvalue weighted by molar-refractivity contribution is -0.124. The van der Waals surface area contributed by atoms with Crippen LogP contribution >= 0.6 is 11.6 Å². The number of hydrogen-bond donors (Lipinski definition) is 2. The fourth-order valence-electron chi connectivity index (χ4n) is 1.56. The highest BCUT2D eigenvalue weighted by molar-refractivity contribution is 6.30. The fraction of sp³-hybridized carbons (Fsp3) is 0.0833. The van der Waals surface area contributed by atoms with Crippen molar-refractivity contribution in [2.45, 2.75) is 0 Å². The average molecular weight is 280 g/mol. The van der Waals surface area contributed by atoms with Crippen molar-refractivity contribution in [3.63, 3.8) is 0 Å². The van der Waals surface area contributed by atoms with E-state index in [9.17, 15) is 9.59 Å². The lowest BCUT2D eigenvalue weighted by atomic mass is 10.1. The summed E-state index contributed by atoms with van der Waals surface area (Å²) in [7, 11) is 0. The lowest BCUT2D eigenvalue weighted by Crippen LogP contribution is -2.29. The molecule has 0 bridgehead atoms. The minimum atomic E-state index is -0.682. The van der Waals surface area contributed by atoms with Crippen LogP contribution in [0.3, 0.4) is 0 Å². The molecule has 0 radical (unpaired) electrons. The van der Waals surface area contributed by atoms with Gasteiger partial charge in [-0.2, -0.15) is 0 Å². The van der Waals surface area contributed by atoms with E-state index in [1.54, 1.807) is 24.3 Å². The van der Waals surface area contributed by atoms with Gasteiger partial charge in [0.25, 0.3) is 5.91 Å². The topological polar surface area (TPSA) is 94.3 Å². The van der Waals surface area contributed by atoms with Crippen LogP contribution in [0.2, 0.25) is 5.15 Å². The number of nitrogens with one attached hydrogen (secondary N) is 1. The molecule has 0 aliphatic carbocycles. The Morgan fingerprint density at radius 1 is 1.37 bits per heavy atom. The summed E-state index contributed by atoms with van der Waals surface area (Å²) in [5, 5.41) is 0.825. The maximum Gasteiger partial charge on any atom is 0.275 e. The van der Waals surface area contributed by atoms with Gasteiger partial charge in [0, 0.05) is 5.39 Å².